The predicted molar refractivity (Wildman–Crippen MR) is 113 cm³/mol. The summed E-state index contributed by atoms with van der Waals surface area (Å²) < 4.78 is 5.30. The average Bonchev–Trinajstić information content (AvgIpc) is 3.12. The van der Waals surface area contributed by atoms with Crippen molar-refractivity contribution in [2.75, 3.05) is 13.1 Å². The third-order valence-electron chi connectivity index (χ3n) is 6.33. The topological polar surface area (TPSA) is 58.4 Å². The van der Waals surface area contributed by atoms with Gasteiger partial charge in [0.15, 0.2) is 0 Å². The highest BCUT2D eigenvalue weighted by molar-refractivity contribution is 7.15. The first-order chi connectivity index (χ1) is 14.2. The van der Waals surface area contributed by atoms with Crippen LogP contribution in [0.5, 0.6) is 0 Å². The molecule has 3 aromatic rings. The van der Waals surface area contributed by atoms with Crippen molar-refractivity contribution in [1.82, 2.24) is 15.2 Å². The number of furan rings is 1. The maximum atomic E-state index is 12.5. The predicted octanol–water partition coefficient (Wildman–Crippen LogP) is 4.32. The van der Waals surface area contributed by atoms with E-state index in [1.807, 2.05) is 24.4 Å². The Kier molecular flexibility index (Phi) is 4.97. The van der Waals surface area contributed by atoms with Crippen molar-refractivity contribution in [2.24, 2.45) is 11.3 Å². The fourth-order valence-corrected chi connectivity index (χ4v) is 5.41. The Hall–Kier alpha value is -2.44. The lowest BCUT2D eigenvalue weighted by Gasteiger charge is -2.32. The number of benzene rings is 1. The average molecular weight is 408 g/mol. The highest BCUT2D eigenvalue weighted by Crippen LogP contribution is 2.59. The van der Waals surface area contributed by atoms with E-state index in [4.69, 9.17) is 4.42 Å². The summed E-state index contributed by atoms with van der Waals surface area (Å²) in [6, 6.07) is 14.1. The molecule has 150 valence electrons. The van der Waals surface area contributed by atoms with Gasteiger partial charge in [0, 0.05) is 29.1 Å². The first-order valence-corrected chi connectivity index (χ1v) is 11.1. The fraction of sp³-hybridized carbons (Fsp3) is 0.391. The van der Waals surface area contributed by atoms with Crippen molar-refractivity contribution in [3.05, 3.63) is 65.6 Å². The third-order valence-corrected chi connectivity index (χ3v) is 7.36. The Morgan fingerprint density at radius 3 is 2.79 bits per heavy atom. The summed E-state index contributed by atoms with van der Waals surface area (Å²) in [5.74, 6) is 1.17. The molecular formula is C23H25N3O2S. The summed E-state index contributed by atoms with van der Waals surface area (Å²) in [4.78, 5) is 20.9. The Morgan fingerprint density at radius 1 is 1.21 bits per heavy atom. The Labute approximate surface area is 174 Å². The Morgan fingerprint density at radius 2 is 2.03 bits per heavy atom. The number of hydrogen-bond donors (Lipinski definition) is 1. The van der Waals surface area contributed by atoms with E-state index in [0.717, 1.165) is 49.7 Å². The van der Waals surface area contributed by atoms with Gasteiger partial charge in [-0.3, -0.25) is 9.69 Å². The lowest BCUT2D eigenvalue weighted by molar-refractivity contribution is -0.123. The van der Waals surface area contributed by atoms with Gasteiger partial charge >= 0.3 is 0 Å². The van der Waals surface area contributed by atoms with Crippen LogP contribution in [-0.2, 0) is 17.9 Å². The molecule has 1 spiro atoms. The van der Waals surface area contributed by atoms with Gasteiger partial charge in [-0.25, -0.2) is 4.98 Å². The number of likely N-dealkylation sites (tertiary alicyclic amines) is 1. The van der Waals surface area contributed by atoms with Gasteiger partial charge in [-0.15, -0.1) is 11.3 Å². The van der Waals surface area contributed by atoms with Gasteiger partial charge in [0.1, 0.15) is 10.8 Å². The van der Waals surface area contributed by atoms with Gasteiger partial charge in [0.05, 0.1) is 12.8 Å². The summed E-state index contributed by atoms with van der Waals surface area (Å²) in [5, 5.41) is 4.12. The van der Waals surface area contributed by atoms with Crippen LogP contribution in [0, 0.1) is 11.3 Å². The van der Waals surface area contributed by atoms with E-state index in [2.05, 4.69) is 39.5 Å². The zero-order valence-electron chi connectivity index (χ0n) is 16.3. The SMILES string of the molecule is O=C(NCc1ccco1)[C@@H]1CC12CCN(Cc1cnc(-c3ccccc3)s1)CC2. The number of piperidine rings is 1. The molecule has 1 saturated heterocycles. The number of thiazole rings is 1. The van der Waals surface area contributed by atoms with Crippen molar-refractivity contribution in [3.8, 4) is 10.6 Å². The fourth-order valence-electron chi connectivity index (χ4n) is 4.45. The minimum atomic E-state index is 0.174. The first-order valence-electron chi connectivity index (χ1n) is 10.2. The van der Waals surface area contributed by atoms with Crippen LogP contribution in [-0.4, -0.2) is 28.9 Å². The van der Waals surface area contributed by atoms with Crippen molar-refractivity contribution in [2.45, 2.75) is 32.4 Å². The van der Waals surface area contributed by atoms with Crippen molar-refractivity contribution < 1.29 is 9.21 Å². The third kappa shape index (κ3) is 4.00. The van der Waals surface area contributed by atoms with E-state index < -0.39 is 0 Å². The van der Waals surface area contributed by atoms with E-state index in [9.17, 15) is 4.79 Å². The molecule has 0 unspecified atom stereocenters. The molecular weight excluding hydrogens is 382 g/mol. The zero-order valence-corrected chi connectivity index (χ0v) is 17.2. The summed E-state index contributed by atoms with van der Waals surface area (Å²) in [6.07, 6.45) is 6.90. The smallest absolute Gasteiger partial charge is 0.224 e. The number of aromatic nitrogens is 1. The van der Waals surface area contributed by atoms with Gasteiger partial charge in [-0.1, -0.05) is 30.3 Å². The van der Waals surface area contributed by atoms with Gasteiger partial charge in [-0.05, 0) is 49.9 Å². The molecule has 1 aliphatic heterocycles. The molecule has 0 radical (unpaired) electrons. The molecule has 5 rings (SSSR count). The van der Waals surface area contributed by atoms with Crippen LogP contribution in [0.2, 0.25) is 0 Å². The van der Waals surface area contributed by atoms with Crippen molar-refractivity contribution in [3.63, 3.8) is 0 Å². The lowest BCUT2D eigenvalue weighted by Crippen LogP contribution is -2.36. The molecule has 1 aliphatic carbocycles. The largest absolute Gasteiger partial charge is 0.467 e. The molecule has 29 heavy (non-hydrogen) atoms. The van der Waals surface area contributed by atoms with Gasteiger partial charge < -0.3 is 9.73 Å². The zero-order chi connectivity index (χ0) is 19.7. The van der Waals surface area contributed by atoms with Gasteiger partial charge in [0.2, 0.25) is 5.91 Å². The highest BCUT2D eigenvalue weighted by atomic mass is 32.1. The number of nitrogens with zero attached hydrogens (tertiary/aromatic N) is 2. The summed E-state index contributed by atoms with van der Waals surface area (Å²) in [7, 11) is 0. The van der Waals surface area contributed by atoms with Gasteiger partial charge in [-0.2, -0.15) is 0 Å². The van der Waals surface area contributed by atoms with E-state index in [1.165, 1.54) is 10.4 Å². The molecule has 1 amide bonds. The molecule has 6 heteroatoms. The Bertz CT molecular complexity index is 959. The molecule has 5 nitrogen and oxygen atoms in total. The second-order valence-electron chi connectivity index (χ2n) is 8.19. The molecule has 1 aromatic carbocycles. The first kappa shape index (κ1) is 18.6. The van der Waals surface area contributed by atoms with Crippen LogP contribution in [0.1, 0.15) is 29.9 Å². The van der Waals surface area contributed by atoms with Crippen molar-refractivity contribution in [1.29, 1.82) is 0 Å². The van der Waals surface area contributed by atoms with Crippen LogP contribution in [0.15, 0.2) is 59.3 Å². The number of carbonyl (C=O) groups excluding carboxylic acids is 1. The minimum Gasteiger partial charge on any atom is -0.467 e. The molecule has 1 N–H and O–H groups in total. The molecule has 1 saturated carbocycles. The molecule has 0 bridgehead atoms. The number of nitrogens with one attached hydrogen (secondary N) is 1. The number of rotatable bonds is 6. The molecule has 3 heterocycles. The van der Waals surface area contributed by atoms with E-state index in [0.29, 0.717) is 6.54 Å². The quantitative estimate of drug-likeness (QED) is 0.661. The van der Waals surface area contributed by atoms with Crippen LogP contribution in [0.3, 0.4) is 0 Å². The van der Waals surface area contributed by atoms with E-state index >= 15 is 0 Å². The second kappa shape index (κ2) is 7.76. The van der Waals surface area contributed by atoms with Crippen LogP contribution < -0.4 is 5.32 Å². The van der Waals surface area contributed by atoms with Crippen LogP contribution >= 0.6 is 11.3 Å². The standard InChI is InChI=1S/C23H25N3O2S/c27-21(24-14-18-7-4-12-28-18)20-13-23(20)8-10-26(11-9-23)16-19-15-25-22(29-19)17-5-2-1-3-6-17/h1-7,12,15,20H,8-11,13-14,16H2,(H,24,27)/t20-/m0/s1. The van der Waals surface area contributed by atoms with Crippen LogP contribution in [0.25, 0.3) is 10.6 Å². The molecule has 2 aliphatic rings. The van der Waals surface area contributed by atoms with E-state index in [-0.39, 0.29) is 17.2 Å². The second-order valence-corrected chi connectivity index (χ2v) is 9.31. The molecule has 2 fully saturated rings. The Balaban J connectivity index is 1.11. The molecule has 2 aromatic heterocycles. The highest BCUT2D eigenvalue weighted by Gasteiger charge is 2.58. The minimum absolute atomic E-state index is 0.174. The summed E-state index contributed by atoms with van der Waals surface area (Å²) in [6.45, 7) is 3.55. The van der Waals surface area contributed by atoms with Crippen molar-refractivity contribution >= 4 is 17.2 Å². The van der Waals surface area contributed by atoms with E-state index in [1.54, 1.807) is 17.6 Å². The maximum absolute atomic E-state index is 12.5. The number of hydrogen-bond acceptors (Lipinski definition) is 5. The van der Waals surface area contributed by atoms with Crippen LogP contribution in [0.4, 0.5) is 0 Å². The number of carbonyl (C=O) groups is 1. The normalized spacial score (nSPS) is 20.6. The summed E-state index contributed by atoms with van der Waals surface area (Å²) >= 11 is 1.78. The summed E-state index contributed by atoms with van der Waals surface area (Å²) in [5.41, 5.74) is 1.41. The number of amides is 1. The molecule has 1 atom stereocenters. The maximum Gasteiger partial charge on any atom is 0.224 e. The van der Waals surface area contributed by atoms with Gasteiger partial charge in [0.25, 0.3) is 0 Å². The lowest BCUT2D eigenvalue weighted by atomic mass is 9.90. The monoisotopic (exact) mass is 407 g/mol.